The van der Waals surface area contributed by atoms with Crippen LogP contribution in [0.5, 0.6) is 0 Å². The van der Waals surface area contributed by atoms with Crippen molar-refractivity contribution < 1.29 is 24.2 Å². The molecule has 0 rings (SSSR count). The molecule has 0 bridgehead atoms. The van der Waals surface area contributed by atoms with Crippen LogP contribution in [-0.2, 0) is 14.3 Å². The smallest absolute Gasteiger partial charge is 0.407 e. The van der Waals surface area contributed by atoms with E-state index in [0.717, 1.165) is 0 Å². The van der Waals surface area contributed by atoms with Gasteiger partial charge in [0.15, 0.2) is 0 Å². The molecule has 0 aliphatic heterocycles. The van der Waals surface area contributed by atoms with E-state index >= 15 is 0 Å². The van der Waals surface area contributed by atoms with E-state index in [1.807, 2.05) is 0 Å². The van der Waals surface area contributed by atoms with Crippen LogP contribution in [0.3, 0.4) is 0 Å². The third-order valence-electron chi connectivity index (χ3n) is 2.70. The zero-order valence-electron chi connectivity index (χ0n) is 14.5. The van der Waals surface area contributed by atoms with Gasteiger partial charge in [0.25, 0.3) is 0 Å². The monoisotopic (exact) mass is 331 g/mol. The molecule has 8 heteroatoms. The number of carboxylic acid groups (broad SMARTS) is 1. The molecule has 0 aromatic rings. The molecule has 0 atom stereocenters. The largest absolute Gasteiger partial charge is 0.480 e. The molecule has 3 N–H and O–H groups in total. The average molecular weight is 331 g/mol. The highest BCUT2D eigenvalue weighted by molar-refractivity contribution is 5.72. The maximum absolute atomic E-state index is 11.5. The number of amides is 2. The van der Waals surface area contributed by atoms with Crippen LogP contribution in [0, 0.1) is 0 Å². The minimum absolute atomic E-state index is 0.0630. The molecule has 0 aliphatic carbocycles. The van der Waals surface area contributed by atoms with Gasteiger partial charge in [0.2, 0.25) is 5.91 Å². The van der Waals surface area contributed by atoms with Crippen molar-refractivity contribution in [2.75, 3.05) is 32.7 Å². The van der Waals surface area contributed by atoms with Gasteiger partial charge in [0.05, 0.1) is 6.54 Å². The minimum Gasteiger partial charge on any atom is -0.480 e. The Morgan fingerprint density at radius 3 is 2.00 bits per heavy atom. The van der Waals surface area contributed by atoms with Crippen LogP contribution in [-0.4, -0.2) is 66.3 Å². The van der Waals surface area contributed by atoms with Gasteiger partial charge in [-0.15, -0.1) is 0 Å². The Hall–Kier alpha value is -1.83. The summed E-state index contributed by atoms with van der Waals surface area (Å²) < 4.78 is 5.11. The van der Waals surface area contributed by atoms with Crippen LogP contribution in [0.1, 0.15) is 40.5 Å². The van der Waals surface area contributed by atoms with Gasteiger partial charge in [-0.25, -0.2) is 4.79 Å². The van der Waals surface area contributed by atoms with Crippen molar-refractivity contribution >= 4 is 18.0 Å². The Morgan fingerprint density at radius 1 is 1.04 bits per heavy atom. The second-order valence-corrected chi connectivity index (χ2v) is 6.29. The topological polar surface area (TPSA) is 108 Å². The van der Waals surface area contributed by atoms with E-state index in [0.29, 0.717) is 39.0 Å². The highest BCUT2D eigenvalue weighted by Gasteiger charge is 2.15. The van der Waals surface area contributed by atoms with Crippen molar-refractivity contribution in [1.82, 2.24) is 15.5 Å². The first-order valence-electron chi connectivity index (χ1n) is 7.75. The number of alkyl carbamates (subject to hydrolysis) is 1. The molecular formula is C15H29N3O5. The number of carbonyl (C=O) groups excluding carboxylic acids is 2. The van der Waals surface area contributed by atoms with Gasteiger partial charge in [-0.05, 0) is 33.6 Å². The van der Waals surface area contributed by atoms with Gasteiger partial charge in [0, 0.05) is 33.1 Å². The van der Waals surface area contributed by atoms with Gasteiger partial charge in [-0.3, -0.25) is 14.5 Å². The van der Waals surface area contributed by atoms with Gasteiger partial charge in [-0.2, -0.15) is 0 Å². The summed E-state index contributed by atoms with van der Waals surface area (Å²) >= 11 is 0. The Kier molecular flexibility index (Phi) is 9.96. The number of carboxylic acids is 1. The summed E-state index contributed by atoms with van der Waals surface area (Å²) in [5.41, 5.74) is -0.539. The summed E-state index contributed by atoms with van der Waals surface area (Å²) in [7, 11) is 0. The fourth-order valence-corrected chi connectivity index (χ4v) is 1.84. The van der Waals surface area contributed by atoms with E-state index in [2.05, 4.69) is 10.6 Å². The number of nitrogens with zero attached hydrogens (tertiary/aromatic N) is 1. The number of rotatable bonds is 10. The molecule has 0 spiro atoms. The van der Waals surface area contributed by atoms with Gasteiger partial charge >= 0.3 is 12.1 Å². The molecule has 8 nitrogen and oxygen atoms in total. The van der Waals surface area contributed by atoms with Crippen molar-refractivity contribution in [3.05, 3.63) is 0 Å². The molecule has 134 valence electrons. The predicted molar refractivity (Wildman–Crippen MR) is 86.2 cm³/mol. The Labute approximate surface area is 137 Å². The average Bonchev–Trinajstić information content (AvgIpc) is 2.36. The Balaban J connectivity index is 3.98. The maximum atomic E-state index is 11.5. The minimum atomic E-state index is -0.898. The quantitative estimate of drug-likeness (QED) is 0.511. The van der Waals surface area contributed by atoms with Crippen molar-refractivity contribution in [2.24, 2.45) is 0 Å². The van der Waals surface area contributed by atoms with Crippen LogP contribution in [0.15, 0.2) is 0 Å². The Morgan fingerprint density at radius 2 is 1.57 bits per heavy atom. The summed E-state index contributed by atoms with van der Waals surface area (Å²) in [6.07, 6.45) is 0.812. The van der Waals surface area contributed by atoms with Gasteiger partial charge in [-0.1, -0.05) is 0 Å². The second kappa shape index (κ2) is 10.8. The van der Waals surface area contributed by atoms with E-state index in [1.54, 1.807) is 25.7 Å². The van der Waals surface area contributed by atoms with Crippen molar-refractivity contribution in [3.63, 3.8) is 0 Å². The summed E-state index contributed by atoms with van der Waals surface area (Å²) in [5.74, 6) is -0.999. The first-order chi connectivity index (χ1) is 10.6. The second-order valence-electron chi connectivity index (χ2n) is 6.29. The number of hydrogen-bond donors (Lipinski definition) is 3. The summed E-state index contributed by atoms with van der Waals surface area (Å²) in [6, 6.07) is 0. The lowest BCUT2D eigenvalue weighted by Crippen LogP contribution is -2.36. The molecular weight excluding hydrogens is 302 g/mol. The molecule has 0 heterocycles. The highest BCUT2D eigenvalue weighted by Crippen LogP contribution is 2.06. The molecule has 0 aromatic heterocycles. The number of carbonyl (C=O) groups is 3. The third kappa shape index (κ3) is 14.9. The number of nitrogens with one attached hydrogen (secondary N) is 2. The lowest BCUT2D eigenvalue weighted by molar-refractivity contribution is -0.138. The van der Waals surface area contributed by atoms with E-state index in [-0.39, 0.29) is 12.5 Å². The zero-order chi connectivity index (χ0) is 17.9. The van der Waals surface area contributed by atoms with Crippen LogP contribution < -0.4 is 10.6 Å². The molecule has 0 aromatic carbocycles. The van der Waals surface area contributed by atoms with Crippen molar-refractivity contribution in [2.45, 2.75) is 46.1 Å². The molecule has 0 saturated heterocycles. The van der Waals surface area contributed by atoms with Crippen LogP contribution in [0.4, 0.5) is 4.79 Å². The lowest BCUT2D eigenvalue weighted by atomic mass is 10.2. The van der Waals surface area contributed by atoms with Gasteiger partial charge in [0.1, 0.15) is 5.60 Å². The molecule has 0 radical (unpaired) electrons. The number of hydrogen-bond acceptors (Lipinski definition) is 5. The summed E-state index contributed by atoms with van der Waals surface area (Å²) in [5, 5.41) is 14.2. The first-order valence-corrected chi connectivity index (χ1v) is 7.75. The number of ether oxygens (including phenoxy) is 1. The van der Waals surface area contributed by atoms with Crippen LogP contribution in [0.25, 0.3) is 0 Å². The lowest BCUT2D eigenvalue weighted by Gasteiger charge is -2.21. The van der Waals surface area contributed by atoms with Crippen molar-refractivity contribution in [3.8, 4) is 0 Å². The fourth-order valence-electron chi connectivity index (χ4n) is 1.84. The van der Waals surface area contributed by atoms with Crippen LogP contribution in [0.2, 0.25) is 0 Å². The third-order valence-corrected chi connectivity index (χ3v) is 2.70. The molecule has 0 unspecified atom stereocenters. The molecule has 0 aliphatic rings. The standard InChI is InChI=1S/C15H29N3O5/c1-12(19)16-7-5-9-18(11-13(20)21)10-6-8-17-14(22)23-15(2,3)4/h5-11H2,1-4H3,(H,16,19)(H,17,22)(H,20,21). The number of aliphatic carboxylic acids is 1. The van der Waals surface area contributed by atoms with Crippen molar-refractivity contribution in [1.29, 1.82) is 0 Å². The molecule has 2 amide bonds. The first kappa shape index (κ1) is 21.2. The van der Waals surface area contributed by atoms with E-state index < -0.39 is 17.7 Å². The summed E-state index contributed by atoms with van der Waals surface area (Å²) in [4.78, 5) is 34.9. The highest BCUT2D eigenvalue weighted by atomic mass is 16.6. The molecule has 0 saturated carbocycles. The molecule has 0 fully saturated rings. The normalized spacial score (nSPS) is 11.2. The summed E-state index contributed by atoms with van der Waals surface area (Å²) in [6.45, 7) is 8.78. The SMILES string of the molecule is CC(=O)NCCCN(CCCNC(=O)OC(C)(C)C)CC(=O)O. The van der Waals surface area contributed by atoms with E-state index in [1.165, 1.54) is 6.92 Å². The van der Waals surface area contributed by atoms with E-state index in [9.17, 15) is 14.4 Å². The fraction of sp³-hybridized carbons (Fsp3) is 0.800. The maximum Gasteiger partial charge on any atom is 0.407 e. The van der Waals surface area contributed by atoms with Gasteiger partial charge < -0.3 is 20.5 Å². The predicted octanol–water partition coefficient (Wildman–Crippen LogP) is 0.814. The van der Waals surface area contributed by atoms with E-state index in [4.69, 9.17) is 9.84 Å². The Bertz CT molecular complexity index is 393. The van der Waals surface area contributed by atoms with Crippen LogP contribution >= 0.6 is 0 Å². The zero-order valence-corrected chi connectivity index (χ0v) is 14.5. The molecule has 23 heavy (non-hydrogen) atoms.